The summed E-state index contributed by atoms with van der Waals surface area (Å²) in [5.74, 6) is 0.252. The number of hydrogen-bond acceptors (Lipinski definition) is 2. The van der Waals surface area contributed by atoms with Crippen molar-refractivity contribution in [3.63, 3.8) is 0 Å². The van der Waals surface area contributed by atoms with Gasteiger partial charge in [0.15, 0.2) is 0 Å². The molecule has 1 saturated heterocycles. The molecule has 82 valence electrons. The summed E-state index contributed by atoms with van der Waals surface area (Å²) in [5, 5.41) is 0.763. The molecule has 1 aliphatic rings. The van der Waals surface area contributed by atoms with E-state index in [-0.39, 0.29) is 5.91 Å². The minimum atomic E-state index is 0.252. The molecule has 0 bridgehead atoms. The molecule has 1 aliphatic heterocycles. The van der Waals surface area contributed by atoms with Crippen LogP contribution in [-0.4, -0.2) is 54.3 Å². The van der Waals surface area contributed by atoms with Crippen LogP contribution in [0.2, 0.25) is 0 Å². The molecular weight excluding hydrogens is 244 g/mol. The van der Waals surface area contributed by atoms with E-state index < -0.39 is 0 Å². The van der Waals surface area contributed by atoms with Crippen molar-refractivity contribution in [2.75, 3.05) is 32.5 Å². The molecule has 3 nitrogen and oxygen atoms in total. The molecule has 4 heteroatoms. The van der Waals surface area contributed by atoms with E-state index in [9.17, 15) is 4.79 Å². The van der Waals surface area contributed by atoms with Crippen molar-refractivity contribution in [1.29, 1.82) is 0 Å². The topological polar surface area (TPSA) is 23.6 Å². The third-order valence-corrected chi connectivity index (χ3v) is 3.25. The maximum Gasteiger partial charge on any atom is 0.223 e. The second-order valence-corrected chi connectivity index (χ2v) is 4.79. The van der Waals surface area contributed by atoms with Crippen LogP contribution in [0, 0.1) is 0 Å². The van der Waals surface area contributed by atoms with Crippen LogP contribution in [0.1, 0.15) is 19.3 Å². The number of rotatable bonds is 3. The lowest BCUT2D eigenvalue weighted by Crippen LogP contribution is -2.47. The van der Waals surface area contributed by atoms with E-state index in [0.717, 1.165) is 24.8 Å². The van der Waals surface area contributed by atoms with Crippen LogP contribution in [0.5, 0.6) is 0 Å². The second-order valence-electron chi connectivity index (χ2n) is 4.00. The summed E-state index contributed by atoms with van der Waals surface area (Å²) in [6, 6.07) is 0.417. The predicted octanol–water partition coefficient (Wildman–Crippen LogP) is 1.32. The molecule has 0 N–H and O–H groups in total. The SMILES string of the molecule is CN1CCCC(N(C)C(=O)CCBr)C1. The average Bonchev–Trinajstić information content (AvgIpc) is 2.17. The van der Waals surface area contributed by atoms with Crippen molar-refractivity contribution in [3.8, 4) is 0 Å². The number of likely N-dealkylation sites (N-methyl/N-ethyl adjacent to an activating group) is 2. The first-order valence-electron chi connectivity index (χ1n) is 5.15. The van der Waals surface area contributed by atoms with Crippen LogP contribution < -0.4 is 0 Å². The third-order valence-electron chi connectivity index (χ3n) is 2.85. The van der Waals surface area contributed by atoms with Crippen LogP contribution in [0.15, 0.2) is 0 Å². The van der Waals surface area contributed by atoms with E-state index in [0.29, 0.717) is 12.5 Å². The standard InChI is InChI=1S/C10H19BrN2O/c1-12-7-3-4-9(8-12)13(2)10(14)5-6-11/h9H,3-8H2,1-2H3. The van der Waals surface area contributed by atoms with Gasteiger partial charge in [-0.2, -0.15) is 0 Å². The van der Waals surface area contributed by atoms with Gasteiger partial charge in [0, 0.05) is 31.4 Å². The Morgan fingerprint density at radius 3 is 2.93 bits per heavy atom. The lowest BCUT2D eigenvalue weighted by molar-refractivity contribution is -0.132. The highest BCUT2D eigenvalue weighted by Crippen LogP contribution is 2.14. The van der Waals surface area contributed by atoms with Crippen LogP contribution in [0.3, 0.4) is 0 Å². The maximum atomic E-state index is 11.6. The fourth-order valence-corrected chi connectivity index (χ4v) is 2.26. The van der Waals surface area contributed by atoms with Gasteiger partial charge in [0.05, 0.1) is 0 Å². The normalized spacial score (nSPS) is 23.5. The number of amides is 1. The van der Waals surface area contributed by atoms with Gasteiger partial charge in [-0.05, 0) is 26.4 Å². The number of nitrogens with zero attached hydrogens (tertiary/aromatic N) is 2. The van der Waals surface area contributed by atoms with Gasteiger partial charge in [0.2, 0.25) is 5.91 Å². The van der Waals surface area contributed by atoms with E-state index in [1.54, 1.807) is 0 Å². The molecule has 0 radical (unpaired) electrons. The van der Waals surface area contributed by atoms with Gasteiger partial charge in [-0.25, -0.2) is 0 Å². The molecule has 0 saturated carbocycles. The number of piperidine rings is 1. The Balaban J connectivity index is 2.42. The molecule has 1 unspecified atom stereocenters. The molecule has 14 heavy (non-hydrogen) atoms. The van der Waals surface area contributed by atoms with Crippen LogP contribution in [0.25, 0.3) is 0 Å². The smallest absolute Gasteiger partial charge is 0.223 e. The van der Waals surface area contributed by atoms with Crippen molar-refractivity contribution in [3.05, 3.63) is 0 Å². The highest BCUT2D eigenvalue weighted by molar-refractivity contribution is 9.09. The number of carbonyl (C=O) groups is 1. The van der Waals surface area contributed by atoms with Gasteiger partial charge in [-0.1, -0.05) is 15.9 Å². The molecule has 0 aromatic heterocycles. The summed E-state index contributed by atoms with van der Waals surface area (Å²) in [4.78, 5) is 15.8. The molecule has 0 aromatic rings. The van der Waals surface area contributed by atoms with E-state index >= 15 is 0 Å². The van der Waals surface area contributed by atoms with Crippen molar-refractivity contribution in [2.24, 2.45) is 0 Å². The molecule has 0 aliphatic carbocycles. The molecule has 1 rings (SSSR count). The monoisotopic (exact) mass is 262 g/mol. The van der Waals surface area contributed by atoms with Gasteiger partial charge >= 0.3 is 0 Å². The molecule has 1 atom stereocenters. The Morgan fingerprint density at radius 1 is 1.64 bits per heavy atom. The Labute approximate surface area is 94.6 Å². The molecule has 0 spiro atoms. The number of hydrogen-bond donors (Lipinski definition) is 0. The minimum absolute atomic E-state index is 0.252. The first-order valence-corrected chi connectivity index (χ1v) is 6.27. The maximum absolute atomic E-state index is 11.6. The number of halogens is 1. The largest absolute Gasteiger partial charge is 0.341 e. The molecule has 1 heterocycles. The molecule has 1 amide bonds. The van der Waals surface area contributed by atoms with E-state index in [1.807, 2.05) is 11.9 Å². The number of alkyl halides is 1. The summed E-state index contributed by atoms with van der Waals surface area (Å²) in [7, 11) is 4.05. The fraction of sp³-hybridized carbons (Fsp3) is 0.900. The van der Waals surface area contributed by atoms with Crippen LogP contribution in [-0.2, 0) is 4.79 Å². The van der Waals surface area contributed by atoms with Crippen LogP contribution >= 0.6 is 15.9 Å². The Hall–Kier alpha value is -0.0900. The van der Waals surface area contributed by atoms with E-state index in [1.165, 1.54) is 6.42 Å². The van der Waals surface area contributed by atoms with E-state index in [2.05, 4.69) is 27.9 Å². The first-order chi connectivity index (χ1) is 6.65. The number of carbonyl (C=O) groups excluding carboxylic acids is 1. The van der Waals surface area contributed by atoms with Crippen molar-refractivity contribution < 1.29 is 4.79 Å². The third kappa shape index (κ3) is 3.24. The van der Waals surface area contributed by atoms with Gasteiger partial charge in [0.25, 0.3) is 0 Å². The Kier molecular flexibility index (Phi) is 4.89. The first kappa shape index (κ1) is 12.0. The zero-order valence-electron chi connectivity index (χ0n) is 9.00. The number of likely N-dealkylation sites (tertiary alicyclic amines) is 1. The molecule has 1 fully saturated rings. The summed E-state index contributed by atoms with van der Waals surface area (Å²) in [6.07, 6.45) is 2.96. The predicted molar refractivity (Wildman–Crippen MR) is 61.7 cm³/mol. The quantitative estimate of drug-likeness (QED) is 0.717. The van der Waals surface area contributed by atoms with Crippen LogP contribution in [0.4, 0.5) is 0 Å². The van der Waals surface area contributed by atoms with Gasteiger partial charge < -0.3 is 9.80 Å². The van der Waals surface area contributed by atoms with Gasteiger partial charge in [-0.3, -0.25) is 4.79 Å². The Bertz CT molecular complexity index is 199. The van der Waals surface area contributed by atoms with Gasteiger partial charge in [-0.15, -0.1) is 0 Å². The highest BCUT2D eigenvalue weighted by atomic mass is 79.9. The summed E-state index contributed by atoms with van der Waals surface area (Å²) in [5.41, 5.74) is 0. The van der Waals surface area contributed by atoms with E-state index in [4.69, 9.17) is 0 Å². The summed E-state index contributed by atoms with van der Waals surface area (Å²) >= 11 is 3.30. The molecule has 0 aromatic carbocycles. The lowest BCUT2D eigenvalue weighted by atomic mass is 10.0. The van der Waals surface area contributed by atoms with Gasteiger partial charge in [0.1, 0.15) is 0 Å². The lowest BCUT2D eigenvalue weighted by Gasteiger charge is -2.35. The fourth-order valence-electron chi connectivity index (χ4n) is 1.92. The van der Waals surface area contributed by atoms with Crippen molar-refractivity contribution in [2.45, 2.75) is 25.3 Å². The average molecular weight is 263 g/mol. The zero-order valence-corrected chi connectivity index (χ0v) is 10.6. The highest BCUT2D eigenvalue weighted by Gasteiger charge is 2.23. The minimum Gasteiger partial charge on any atom is -0.341 e. The second kappa shape index (κ2) is 5.71. The molecular formula is C10H19BrN2O. The van der Waals surface area contributed by atoms with Crippen molar-refractivity contribution >= 4 is 21.8 Å². The summed E-state index contributed by atoms with van der Waals surface area (Å²) in [6.45, 7) is 2.18. The summed E-state index contributed by atoms with van der Waals surface area (Å²) < 4.78 is 0. The Morgan fingerprint density at radius 2 is 2.36 bits per heavy atom. The van der Waals surface area contributed by atoms with Crippen molar-refractivity contribution in [1.82, 2.24) is 9.80 Å². The zero-order chi connectivity index (χ0) is 10.6.